The van der Waals surface area contributed by atoms with Crippen LogP contribution >= 0.6 is 11.6 Å². The molecule has 3 rings (SSSR count). The van der Waals surface area contributed by atoms with Crippen LogP contribution in [0.5, 0.6) is 0 Å². The Morgan fingerprint density at radius 3 is 2.68 bits per heavy atom. The van der Waals surface area contributed by atoms with Crippen LogP contribution in [0.15, 0.2) is 43.0 Å². The predicted molar refractivity (Wildman–Crippen MR) is 91.3 cm³/mol. The standard InChI is InChI=1S/C16H16ClN5O3/c17-11-4-3-5-12(13(11)22-10-18-9-19-22)20-14(24)15(25)21-16(8-23)6-1-2-7-16/h1-5,9-10,23H,6-8H2,(H,20,24)(H,21,25). The number of benzene rings is 1. The molecule has 2 aromatic rings. The number of rotatable bonds is 4. The van der Waals surface area contributed by atoms with Gasteiger partial charge in [0.15, 0.2) is 0 Å². The summed E-state index contributed by atoms with van der Waals surface area (Å²) in [5.74, 6) is -1.69. The Kier molecular flexibility index (Phi) is 4.82. The number of hydrogen-bond donors (Lipinski definition) is 3. The first-order valence-electron chi connectivity index (χ1n) is 7.57. The molecule has 1 aromatic heterocycles. The molecule has 0 bridgehead atoms. The van der Waals surface area contributed by atoms with E-state index in [-0.39, 0.29) is 6.61 Å². The maximum absolute atomic E-state index is 12.3. The first-order chi connectivity index (χ1) is 12.0. The number of para-hydroxylation sites is 1. The average Bonchev–Trinajstić information content (AvgIpc) is 3.27. The van der Waals surface area contributed by atoms with Crippen LogP contribution in [0.3, 0.4) is 0 Å². The third-order valence-electron chi connectivity index (χ3n) is 3.95. The van der Waals surface area contributed by atoms with Crippen molar-refractivity contribution in [2.24, 2.45) is 0 Å². The monoisotopic (exact) mass is 361 g/mol. The number of carbonyl (C=O) groups is 2. The molecule has 1 heterocycles. The number of hydrogen-bond acceptors (Lipinski definition) is 5. The van der Waals surface area contributed by atoms with Crippen molar-refractivity contribution >= 4 is 29.1 Å². The van der Waals surface area contributed by atoms with Gasteiger partial charge in [-0.2, -0.15) is 5.10 Å². The molecule has 0 atom stereocenters. The highest BCUT2D eigenvalue weighted by Crippen LogP contribution is 2.28. The van der Waals surface area contributed by atoms with Crippen molar-refractivity contribution in [1.29, 1.82) is 0 Å². The first-order valence-corrected chi connectivity index (χ1v) is 7.95. The number of halogens is 1. The van der Waals surface area contributed by atoms with Gasteiger partial charge in [0.1, 0.15) is 18.3 Å². The molecule has 2 amide bonds. The minimum absolute atomic E-state index is 0.250. The Morgan fingerprint density at radius 1 is 1.28 bits per heavy atom. The third kappa shape index (κ3) is 3.54. The Bertz CT molecular complexity index is 811. The second-order valence-corrected chi connectivity index (χ2v) is 6.11. The van der Waals surface area contributed by atoms with Gasteiger partial charge in [0.25, 0.3) is 0 Å². The van der Waals surface area contributed by atoms with Crippen LogP contribution in [0.4, 0.5) is 5.69 Å². The largest absolute Gasteiger partial charge is 0.394 e. The molecule has 9 heteroatoms. The summed E-state index contributed by atoms with van der Waals surface area (Å²) < 4.78 is 1.39. The number of aromatic nitrogens is 3. The number of aliphatic hydroxyl groups excluding tert-OH is 1. The minimum Gasteiger partial charge on any atom is -0.394 e. The minimum atomic E-state index is -0.858. The molecule has 8 nitrogen and oxygen atoms in total. The molecule has 0 aliphatic heterocycles. The molecule has 0 saturated heterocycles. The van der Waals surface area contributed by atoms with Gasteiger partial charge >= 0.3 is 11.8 Å². The Morgan fingerprint density at radius 2 is 2.04 bits per heavy atom. The van der Waals surface area contributed by atoms with Crippen molar-refractivity contribution in [1.82, 2.24) is 20.1 Å². The summed E-state index contributed by atoms with van der Waals surface area (Å²) in [7, 11) is 0. The van der Waals surface area contributed by atoms with E-state index in [1.165, 1.54) is 17.3 Å². The summed E-state index contributed by atoms with van der Waals surface area (Å²) in [4.78, 5) is 28.3. The molecule has 0 radical (unpaired) electrons. The molecule has 3 N–H and O–H groups in total. The van der Waals surface area contributed by atoms with Gasteiger partial charge in [-0.1, -0.05) is 29.8 Å². The highest BCUT2D eigenvalue weighted by atomic mass is 35.5. The number of amides is 2. The van der Waals surface area contributed by atoms with Gasteiger partial charge in [-0.15, -0.1) is 0 Å². The topological polar surface area (TPSA) is 109 Å². The fourth-order valence-corrected chi connectivity index (χ4v) is 2.88. The van der Waals surface area contributed by atoms with Crippen LogP contribution in [0, 0.1) is 0 Å². The molecular formula is C16H16ClN5O3. The average molecular weight is 362 g/mol. The van der Waals surface area contributed by atoms with E-state index in [9.17, 15) is 14.7 Å². The highest BCUT2D eigenvalue weighted by molar-refractivity contribution is 6.40. The van der Waals surface area contributed by atoms with Gasteiger partial charge in [0.05, 0.1) is 22.9 Å². The second-order valence-electron chi connectivity index (χ2n) is 5.70. The molecule has 0 fully saturated rings. The lowest BCUT2D eigenvalue weighted by molar-refractivity contribution is -0.137. The maximum Gasteiger partial charge on any atom is 0.313 e. The van der Waals surface area contributed by atoms with E-state index < -0.39 is 17.4 Å². The Hall–Kier alpha value is -2.71. The summed E-state index contributed by atoms with van der Waals surface area (Å²) in [6, 6.07) is 4.89. The zero-order valence-corrected chi connectivity index (χ0v) is 13.9. The molecule has 25 heavy (non-hydrogen) atoms. The van der Waals surface area contributed by atoms with Crippen molar-refractivity contribution < 1.29 is 14.7 Å². The summed E-state index contributed by atoms with van der Waals surface area (Å²) >= 11 is 6.18. The van der Waals surface area contributed by atoms with Crippen molar-refractivity contribution in [3.63, 3.8) is 0 Å². The van der Waals surface area contributed by atoms with Crippen molar-refractivity contribution in [2.75, 3.05) is 11.9 Å². The first kappa shape index (κ1) is 17.1. The molecular weight excluding hydrogens is 346 g/mol. The number of carbonyl (C=O) groups excluding carboxylic acids is 2. The van der Waals surface area contributed by atoms with Gasteiger partial charge in [0.2, 0.25) is 0 Å². The van der Waals surface area contributed by atoms with E-state index in [1.54, 1.807) is 18.2 Å². The van der Waals surface area contributed by atoms with Gasteiger partial charge in [-0.05, 0) is 25.0 Å². The van der Waals surface area contributed by atoms with E-state index in [0.717, 1.165) is 0 Å². The highest BCUT2D eigenvalue weighted by Gasteiger charge is 2.34. The Balaban J connectivity index is 1.77. The quantitative estimate of drug-likeness (QED) is 0.557. The number of anilines is 1. The van der Waals surface area contributed by atoms with Crippen molar-refractivity contribution in [2.45, 2.75) is 18.4 Å². The van der Waals surface area contributed by atoms with Crippen LogP contribution in [0.2, 0.25) is 5.02 Å². The van der Waals surface area contributed by atoms with E-state index in [0.29, 0.717) is 29.2 Å². The predicted octanol–water partition coefficient (Wildman–Crippen LogP) is 1.06. The van der Waals surface area contributed by atoms with E-state index >= 15 is 0 Å². The van der Waals surface area contributed by atoms with Crippen LogP contribution in [0.1, 0.15) is 12.8 Å². The maximum atomic E-state index is 12.3. The smallest absolute Gasteiger partial charge is 0.313 e. The van der Waals surface area contributed by atoms with Crippen LogP contribution in [0.25, 0.3) is 5.69 Å². The molecule has 130 valence electrons. The molecule has 1 aromatic carbocycles. The van der Waals surface area contributed by atoms with Gasteiger partial charge in [0, 0.05) is 0 Å². The zero-order valence-electron chi connectivity index (χ0n) is 13.1. The lowest BCUT2D eigenvalue weighted by atomic mass is 9.98. The van der Waals surface area contributed by atoms with Crippen LogP contribution in [-0.2, 0) is 9.59 Å². The van der Waals surface area contributed by atoms with Gasteiger partial charge < -0.3 is 15.7 Å². The number of aliphatic hydroxyl groups is 1. The normalized spacial score (nSPS) is 15.1. The van der Waals surface area contributed by atoms with Crippen LogP contribution < -0.4 is 10.6 Å². The lowest BCUT2D eigenvalue weighted by Crippen LogP contribution is -2.52. The molecule has 0 saturated carbocycles. The lowest BCUT2D eigenvalue weighted by Gasteiger charge is -2.27. The van der Waals surface area contributed by atoms with Gasteiger partial charge in [-0.3, -0.25) is 9.59 Å². The van der Waals surface area contributed by atoms with E-state index in [4.69, 9.17) is 11.6 Å². The second kappa shape index (κ2) is 7.04. The van der Waals surface area contributed by atoms with Crippen molar-refractivity contribution in [3.05, 3.63) is 48.0 Å². The van der Waals surface area contributed by atoms with Crippen molar-refractivity contribution in [3.8, 4) is 5.69 Å². The zero-order chi connectivity index (χ0) is 17.9. The molecule has 0 spiro atoms. The molecule has 1 aliphatic rings. The fourth-order valence-electron chi connectivity index (χ4n) is 2.62. The SMILES string of the molecule is O=C(Nc1cccc(Cl)c1-n1cncn1)C(=O)NC1(CO)CC=CC1. The summed E-state index contributed by atoms with van der Waals surface area (Å²) in [5, 5.41) is 19.0. The number of nitrogens with zero attached hydrogens (tertiary/aromatic N) is 3. The molecule has 1 aliphatic carbocycles. The fraction of sp³-hybridized carbons (Fsp3) is 0.250. The third-order valence-corrected chi connectivity index (χ3v) is 4.26. The van der Waals surface area contributed by atoms with Gasteiger partial charge in [-0.25, -0.2) is 9.67 Å². The molecule has 0 unspecified atom stereocenters. The summed E-state index contributed by atoms with van der Waals surface area (Å²) in [6.07, 6.45) is 7.43. The summed E-state index contributed by atoms with van der Waals surface area (Å²) in [6.45, 7) is -0.250. The summed E-state index contributed by atoms with van der Waals surface area (Å²) in [5.41, 5.74) is -0.0970. The van der Waals surface area contributed by atoms with Crippen LogP contribution in [-0.4, -0.2) is 43.8 Å². The Labute approximate surface area is 148 Å². The van der Waals surface area contributed by atoms with E-state index in [1.807, 2.05) is 12.2 Å². The van der Waals surface area contributed by atoms with E-state index in [2.05, 4.69) is 20.7 Å². The number of nitrogens with one attached hydrogen (secondary N) is 2.